The summed E-state index contributed by atoms with van der Waals surface area (Å²) < 4.78 is 16.0. The smallest absolute Gasteiger partial charge is 0.417 e. The molecule has 4 atom stereocenters. The molecule has 10 heteroatoms. The maximum absolute atomic E-state index is 14.0. The second-order valence-corrected chi connectivity index (χ2v) is 9.63. The molecule has 2 aromatic carbocycles. The standard InChI is InChI=1S/C31H35NO9/c1-21-28(24-12-7-4-8-13-24)41-31(38)32(21)30(37)26(20-23-10-5-3-6-11-23)29(40-22(2)34)27(36)16-15-25(35)14-9-18-39-19-17-33/h3-8,10-13,15-16,21,26,28-29,33H,9,14,17-20H2,1-2H3. The van der Waals surface area contributed by atoms with E-state index in [1.54, 1.807) is 61.5 Å². The second-order valence-electron chi connectivity index (χ2n) is 9.63. The number of ether oxygens (including phenoxy) is 3. The number of carbonyl (C=O) groups excluding carboxylic acids is 5. The van der Waals surface area contributed by atoms with E-state index in [4.69, 9.17) is 19.3 Å². The number of hydrogen-bond donors (Lipinski definition) is 1. The summed E-state index contributed by atoms with van der Waals surface area (Å²) in [6.07, 6.45) is -0.631. The van der Waals surface area contributed by atoms with Crippen LogP contribution in [0.25, 0.3) is 0 Å². The molecule has 0 radical (unpaired) electrons. The van der Waals surface area contributed by atoms with Gasteiger partial charge >= 0.3 is 12.1 Å². The lowest BCUT2D eigenvalue weighted by molar-refractivity contribution is -0.158. The number of imide groups is 1. The summed E-state index contributed by atoms with van der Waals surface area (Å²) in [5, 5.41) is 8.75. The summed E-state index contributed by atoms with van der Waals surface area (Å²) in [6.45, 7) is 3.10. The van der Waals surface area contributed by atoms with Gasteiger partial charge in [0.1, 0.15) is 6.10 Å². The van der Waals surface area contributed by atoms with E-state index in [-0.39, 0.29) is 38.4 Å². The van der Waals surface area contributed by atoms with Gasteiger partial charge in [0.25, 0.3) is 0 Å². The van der Waals surface area contributed by atoms with Crippen LogP contribution in [0.2, 0.25) is 0 Å². The molecule has 1 aliphatic heterocycles. The van der Waals surface area contributed by atoms with E-state index in [1.807, 2.05) is 6.07 Å². The molecule has 218 valence electrons. The topological polar surface area (TPSA) is 137 Å². The first kappa shape index (κ1) is 31.4. The summed E-state index contributed by atoms with van der Waals surface area (Å²) in [7, 11) is 0. The van der Waals surface area contributed by atoms with Crippen LogP contribution in [-0.2, 0) is 39.8 Å². The Balaban J connectivity index is 1.86. The number of ketones is 2. The molecular formula is C31H35NO9. The zero-order valence-electron chi connectivity index (χ0n) is 23.1. The van der Waals surface area contributed by atoms with Gasteiger partial charge in [0.2, 0.25) is 5.91 Å². The molecule has 0 spiro atoms. The Kier molecular flexibility index (Phi) is 11.9. The number of nitrogens with zero attached hydrogens (tertiary/aromatic N) is 1. The third kappa shape index (κ3) is 8.92. The minimum Gasteiger partial charge on any atom is -0.453 e. The highest BCUT2D eigenvalue weighted by Crippen LogP contribution is 2.34. The molecule has 0 aliphatic carbocycles. The van der Waals surface area contributed by atoms with Gasteiger partial charge < -0.3 is 19.3 Å². The highest BCUT2D eigenvalue weighted by molar-refractivity contribution is 6.04. The Bertz CT molecular complexity index is 1230. The fourth-order valence-corrected chi connectivity index (χ4v) is 4.60. The van der Waals surface area contributed by atoms with E-state index in [2.05, 4.69) is 0 Å². The molecule has 1 saturated heterocycles. The minimum atomic E-state index is -1.59. The monoisotopic (exact) mass is 565 g/mol. The van der Waals surface area contributed by atoms with Crippen LogP contribution in [0.5, 0.6) is 0 Å². The molecule has 0 saturated carbocycles. The molecule has 1 fully saturated rings. The Morgan fingerprint density at radius 1 is 1.00 bits per heavy atom. The van der Waals surface area contributed by atoms with E-state index in [0.29, 0.717) is 17.5 Å². The molecule has 0 aromatic heterocycles. The largest absolute Gasteiger partial charge is 0.453 e. The average Bonchev–Trinajstić information content (AvgIpc) is 3.27. The third-order valence-corrected chi connectivity index (χ3v) is 6.57. The highest BCUT2D eigenvalue weighted by Gasteiger charge is 2.48. The Labute approximate surface area is 238 Å². The maximum Gasteiger partial charge on any atom is 0.417 e. The fraction of sp³-hybridized carbons (Fsp3) is 0.387. The van der Waals surface area contributed by atoms with E-state index in [1.165, 1.54) is 0 Å². The normalized spacial score (nSPS) is 18.1. The lowest BCUT2D eigenvalue weighted by atomic mass is 9.89. The number of aliphatic hydroxyl groups excluding tert-OH is 1. The molecule has 3 rings (SSSR count). The van der Waals surface area contributed by atoms with Gasteiger partial charge in [0.15, 0.2) is 17.7 Å². The first-order chi connectivity index (χ1) is 19.7. The van der Waals surface area contributed by atoms with Crippen molar-refractivity contribution in [1.29, 1.82) is 0 Å². The van der Waals surface area contributed by atoms with Crippen LogP contribution in [0, 0.1) is 5.92 Å². The van der Waals surface area contributed by atoms with E-state index >= 15 is 0 Å². The Hall–Kier alpha value is -4.15. The molecule has 1 N–H and O–H groups in total. The van der Waals surface area contributed by atoms with E-state index in [9.17, 15) is 24.0 Å². The van der Waals surface area contributed by atoms with Crippen LogP contribution in [0.1, 0.15) is 43.9 Å². The number of esters is 1. The van der Waals surface area contributed by atoms with Crippen molar-refractivity contribution < 1.29 is 43.3 Å². The van der Waals surface area contributed by atoms with Crippen molar-refractivity contribution in [2.45, 2.75) is 51.4 Å². The Morgan fingerprint density at radius 3 is 2.29 bits per heavy atom. The number of cyclic esters (lactones) is 1. The van der Waals surface area contributed by atoms with Crippen molar-refractivity contribution in [3.63, 3.8) is 0 Å². The SMILES string of the molecule is CC(=O)OC(C(=O)C=CC(=O)CCCOCCO)C(Cc1ccccc1)C(=O)N1C(=O)OC(c2ccccc2)C1C. The summed E-state index contributed by atoms with van der Waals surface area (Å²) >= 11 is 0. The quantitative estimate of drug-likeness (QED) is 0.196. The van der Waals surface area contributed by atoms with Gasteiger partial charge in [-0.2, -0.15) is 0 Å². The van der Waals surface area contributed by atoms with Crippen LogP contribution in [0.4, 0.5) is 4.79 Å². The predicted molar refractivity (Wildman–Crippen MR) is 147 cm³/mol. The van der Waals surface area contributed by atoms with Gasteiger partial charge in [0, 0.05) is 20.0 Å². The number of aliphatic hydroxyl groups is 1. The van der Waals surface area contributed by atoms with Crippen LogP contribution < -0.4 is 0 Å². The number of hydrogen-bond acceptors (Lipinski definition) is 9. The maximum atomic E-state index is 14.0. The molecular weight excluding hydrogens is 530 g/mol. The summed E-state index contributed by atoms with van der Waals surface area (Å²) in [4.78, 5) is 65.7. The van der Waals surface area contributed by atoms with Crippen molar-refractivity contribution in [2.24, 2.45) is 5.92 Å². The zero-order valence-corrected chi connectivity index (χ0v) is 23.1. The molecule has 4 unspecified atom stereocenters. The van der Waals surface area contributed by atoms with Crippen molar-refractivity contribution in [3.05, 3.63) is 83.9 Å². The van der Waals surface area contributed by atoms with Crippen LogP contribution in [-0.4, -0.2) is 71.5 Å². The number of allylic oxidation sites excluding steroid dienone is 1. The summed E-state index contributed by atoms with van der Waals surface area (Å²) in [5.41, 5.74) is 1.39. The lowest BCUT2D eigenvalue weighted by Gasteiger charge is -2.28. The van der Waals surface area contributed by atoms with Crippen LogP contribution in [0.3, 0.4) is 0 Å². The number of benzene rings is 2. The number of amides is 2. The average molecular weight is 566 g/mol. The summed E-state index contributed by atoms with van der Waals surface area (Å²) in [5.74, 6) is -3.93. The molecule has 1 heterocycles. The first-order valence-corrected chi connectivity index (χ1v) is 13.5. The molecule has 0 bridgehead atoms. The van der Waals surface area contributed by atoms with Gasteiger partial charge in [-0.15, -0.1) is 0 Å². The van der Waals surface area contributed by atoms with Gasteiger partial charge in [-0.05, 0) is 43.0 Å². The van der Waals surface area contributed by atoms with E-state index < -0.39 is 47.9 Å². The Morgan fingerprint density at radius 2 is 1.66 bits per heavy atom. The second kappa shape index (κ2) is 15.6. The van der Waals surface area contributed by atoms with Gasteiger partial charge in [-0.1, -0.05) is 60.7 Å². The lowest BCUT2D eigenvalue weighted by Crippen LogP contribution is -2.48. The minimum absolute atomic E-state index is 0.0140. The van der Waals surface area contributed by atoms with Crippen molar-refractivity contribution >= 4 is 29.5 Å². The third-order valence-electron chi connectivity index (χ3n) is 6.57. The molecule has 1 aliphatic rings. The molecule has 41 heavy (non-hydrogen) atoms. The first-order valence-electron chi connectivity index (χ1n) is 13.5. The van der Waals surface area contributed by atoms with Crippen molar-refractivity contribution in [3.8, 4) is 0 Å². The van der Waals surface area contributed by atoms with Crippen molar-refractivity contribution in [2.75, 3.05) is 19.8 Å². The molecule has 2 amide bonds. The zero-order chi connectivity index (χ0) is 29.8. The predicted octanol–water partition coefficient (Wildman–Crippen LogP) is 3.37. The number of rotatable bonds is 15. The molecule has 2 aromatic rings. The van der Waals surface area contributed by atoms with Gasteiger partial charge in [0.05, 0.1) is 25.2 Å². The number of carbonyl (C=O) groups is 5. The van der Waals surface area contributed by atoms with Crippen molar-refractivity contribution in [1.82, 2.24) is 4.90 Å². The van der Waals surface area contributed by atoms with Gasteiger partial charge in [-0.3, -0.25) is 19.2 Å². The highest BCUT2D eigenvalue weighted by atomic mass is 16.6. The fourth-order valence-electron chi connectivity index (χ4n) is 4.60. The molecule has 10 nitrogen and oxygen atoms in total. The van der Waals surface area contributed by atoms with E-state index in [0.717, 1.165) is 24.0 Å². The van der Waals surface area contributed by atoms with Crippen LogP contribution >= 0.6 is 0 Å². The van der Waals surface area contributed by atoms with Gasteiger partial charge in [-0.25, -0.2) is 9.69 Å². The summed E-state index contributed by atoms with van der Waals surface area (Å²) in [6, 6.07) is 17.1. The van der Waals surface area contributed by atoms with Crippen LogP contribution in [0.15, 0.2) is 72.8 Å².